The standard InChI is InChI=1S/C13H14N2O4/c14-12(18)6-11(17)13(19)7-1-2-9-8(5-7)10(16)3-4-15-9/h1-5,11,13,17,19H,6H2,(H2,14,18)(H,15,16). The lowest BCUT2D eigenvalue weighted by atomic mass is 10.00. The topological polar surface area (TPSA) is 116 Å². The lowest BCUT2D eigenvalue weighted by Gasteiger charge is -2.17. The van der Waals surface area contributed by atoms with Gasteiger partial charge >= 0.3 is 0 Å². The third-order valence-corrected chi connectivity index (χ3v) is 2.90. The van der Waals surface area contributed by atoms with Gasteiger partial charge in [0, 0.05) is 23.2 Å². The molecule has 19 heavy (non-hydrogen) atoms. The predicted octanol–water partition coefficient (Wildman–Crippen LogP) is -0.202. The number of aliphatic hydroxyl groups is 2. The molecule has 5 N–H and O–H groups in total. The molecule has 6 nitrogen and oxygen atoms in total. The smallest absolute Gasteiger partial charge is 0.220 e. The van der Waals surface area contributed by atoms with Gasteiger partial charge in [0.2, 0.25) is 5.91 Å². The number of pyridine rings is 1. The van der Waals surface area contributed by atoms with E-state index in [1.165, 1.54) is 18.3 Å². The number of aromatic nitrogens is 1. The molecular weight excluding hydrogens is 248 g/mol. The third-order valence-electron chi connectivity index (χ3n) is 2.90. The maximum Gasteiger partial charge on any atom is 0.220 e. The van der Waals surface area contributed by atoms with Gasteiger partial charge in [-0.05, 0) is 17.7 Å². The normalized spacial score (nSPS) is 14.2. The number of rotatable bonds is 4. The van der Waals surface area contributed by atoms with Crippen LogP contribution < -0.4 is 11.2 Å². The summed E-state index contributed by atoms with van der Waals surface area (Å²) in [5.74, 6) is -0.704. The molecule has 100 valence electrons. The van der Waals surface area contributed by atoms with Crippen molar-refractivity contribution in [2.45, 2.75) is 18.6 Å². The molecule has 0 saturated carbocycles. The van der Waals surface area contributed by atoms with E-state index >= 15 is 0 Å². The van der Waals surface area contributed by atoms with Crippen LogP contribution in [0.25, 0.3) is 10.9 Å². The fourth-order valence-electron chi connectivity index (χ4n) is 1.91. The number of nitrogens with one attached hydrogen (secondary N) is 1. The Morgan fingerprint density at radius 1 is 1.32 bits per heavy atom. The van der Waals surface area contributed by atoms with E-state index in [0.717, 1.165) is 0 Å². The molecule has 0 aliphatic carbocycles. The molecule has 6 heteroatoms. The number of carbonyl (C=O) groups excluding carboxylic acids is 1. The van der Waals surface area contributed by atoms with E-state index in [1.54, 1.807) is 12.1 Å². The lowest BCUT2D eigenvalue weighted by molar-refractivity contribution is -0.121. The molecule has 0 spiro atoms. The zero-order chi connectivity index (χ0) is 14.0. The maximum absolute atomic E-state index is 11.7. The minimum Gasteiger partial charge on any atom is -0.390 e. The second-order valence-electron chi connectivity index (χ2n) is 4.33. The van der Waals surface area contributed by atoms with Crippen LogP contribution >= 0.6 is 0 Å². The van der Waals surface area contributed by atoms with E-state index < -0.39 is 18.1 Å². The first-order valence-corrected chi connectivity index (χ1v) is 5.75. The molecule has 2 atom stereocenters. The van der Waals surface area contributed by atoms with Gasteiger partial charge in [-0.1, -0.05) is 6.07 Å². The molecule has 0 fully saturated rings. The van der Waals surface area contributed by atoms with Crippen molar-refractivity contribution < 1.29 is 15.0 Å². The third kappa shape index (κ3) is 2.81. The number of aliphatic hydroxyl groups excluding tert-OH is 2. The van der Waals surface area contributed by atoms with E-state index in [-0.39, 0.29) is 11.8 Å². The van der Waals surface area contributed by atoms with Gasteiger partial charge < -0.3 is 20.9 Å². The summed E-state index contributed by atoms with van der Waals surface area (Å²) in [6.45, 7) is 0. The summed E-state index contributed by atoms with van der Waals surface area (Å²) in [5, 5.41) is 20.0. The second-order valence-corrected chi connectivity index (χ2v) is 4.33. The van der Waals surface area contributed by atoms with Gasteiger partial charge in [-0.2, -0.15) is 0 Å². The van der Waals surface area contributed by atoms with Crippen LogP contribution in [-0.2, 0) is 4.79 Å². The number of amides is 1. The summed E-state index contributed by atoms with van der Waals surface area (Å²) in [4.78, 5) is 25.3. The Labute approximate surface area is 108 Å². The van der Waals surface area contributed by atoms with Crippen LogP contribution in [0.1, 0.15) is 18.1 Å². The number of nitrogens with two attached hydrogens (primary N) is 1. The molecule has 1 aromatic heterocycles. The highest BCUT2D eigenvalue weighted by atomic mass is 16.3. The minimum atomic E-state index is -1.29. The Hall–Kier alpha value is -2.18. The average Bonchev–Trinajstić information content (AvgIpc) is 2.37. The van der Waals surface area contributed by atoms with Gasteiger partial charge in [-0.15, -0.1) is 0 Å². The van der Waals surface area contributed by atoms with Crippen LogP contribution in [0.5, 0.6) is 0 Å². The first kappa shape index (κ1) is 13.3. The Morgan fingerprint density at radius 2 is 2.05 bits per heavy atom. The van der Waals surface area contributed by atoms with Gasteiger partial charge in [-0.25, -0.2) is 0 Å². The number of fused-ring (bicyclic) bond motifs is 1. The summed E-state index contributed by atoms with van der Waals surface area (Å²) in [6, 6.07) is 6.07. The molecule has 0 radical (unpaired) electrons. The molecular formula is C13H14N2O4. The van der Waals surface area contributed by atoms with Crippen LogP contribution in [0.3, 0.4) is 0 Å². The number of benzene rings is 1. The first-order valence-electron chi connectivity index (χ1n) is 5.75. The molecule has 2 aromatic rings. The molecule has 2 rings (SSSR count). The van der Waals surface area contributed by atoms with Crippen molar-refractivity contribution in [2.24, 2.45) is 5.73 Å². The van der Waals surface area contributed by atoms with Crippen molar-refractivity contribution in [3.63, 3.8) is 0 Å². The first-order chi connectivity index (χ1) is 8.99. The lowest BCUT2D eigenvalue weighted by Crippen LogP contribution is -2.25. The summed E-state index contributed by atoms with van der Waals surface area (Å²) < 4.78 is 0. The fraction of sp³-hybridized carbons (Fsp3) is 0.231. The number of hydrogen-bond donors (Lipinski definition) is 4. The Kier molecular flexibility index (Phi) is 3.64. The summed E-state index contributed by atoms with van der Waals surface area (Å²) in [5.41, 5.74) is 5.76. The Balaban J connectivity index is 2.38. The zero-order valence-corrected chi connectivity index (χ0v) is 10.0. The van der Waals surface area contributed by atoms with Gasteiger partial charge in [-0.3, -0.25) is 9.59 Å². The maximum atomic E-state index is 11.7. The molecule has 2 unspecified atom stereocenters. The summed E-state index contributed by atoms with van der Waals surface area (Å²) in [7, 11) is 0. The predicted molar refractivity (Wildman–Crippen MR) is 69.3 cm³/mol. The SMILES string of the molecule is NC(=O)CC(O)C(O)c1ccc2[nH]ccc(=O)c2c1. The van der Waals surface area contributed by atoms with Crippen molar-refractivity contribution in [1.29, 1.82) is 0 Å². The quantitative estimate of drug-likeness (QED) is 0.610. The monoisotopic (exact) mass is 262 g/mol. The zero-order valence-electron chi connectivity index (χ0n) is 10.0. The van der Waals surface area contributed by atoms with Crippen LogP contribution in [-0.4, -0.2) is 27.2 Å². The number of hydrogen-bond acceptors (Lipinski definition) is 4. The molecule has 1 heterocycles. The minimum absolute atomic E-state index is 0.188. The van der Waals surface area contributed by atoms with Crippen molar-refractivity contribution in [2.75, 3.05) is 0 Å². The van der Waals surface area contributed by atoms with E-state index in [1.807, 2.05) is 0 Å². The van der Waals surface area contributed by atoms with Crippen LogP contribution in [0.15, 0.2) is 35.3 Å². The largest absolute Gasteiger partial charge is 0.390 e. The van der Waals surface area contributed by atoms with Gasteiger partial charge in [0.15, 0.2) is 5.43 Å². The van der Waals surface area contributed by atoms with E-state index in [4.69, 9.17) is 5.73 Å². The summed E-state index contributed by atoms with van der Waals surface area (Å²) >= 11 is 0. The molecule has 0 bridgehead atoms. The van der Waals surface area contributed by atoms with Gasteiger partial charge in [0.05, 0.1) is 12.5 Å². The molecule has 0 aliphatic rings. The van der Waals surface area contributed by atoms with Crippen molar-refractivity contribution >= 4 is 16.8 Å². The molecule has 1 aromatic carbocycles. The second kappa shape index (κ2) is 5.21. The van der Waals surface area contributed by atoms with Crippen molar-refractivity contribution in [3.05, 3.63) is 46.2 Å². The number of primary amides is 1. The number of aromatic amines is 1. The van der Waals surface area contributed by atoms with Crippen LogP contribution in [0.2, 0.25) is 0 Å². The molecule has 1 amide bonds. The van der Waals surface area contributed by atoms with Crippen molar-refractivity contribution in [1.82, 2.24) is 4.98 Å². The average molecular weight is 262 g/mol. The van der Waals surface area contributed by atoms with E-state index in [0.29, 0.717) is 16.5 Å². The summed E-state index contributed by atoms with van der Waals surface area (Å²) in [6.07, 6.45) is -1.37. The fourth-order valence-corrected chi connectivity index (χ4v) is 1.91. The number of carbonyl (C=O) groups is 1. The highest BCUT2D eigenvalue weighted by Gasteiger charge is 2.20. The van der Waals surface area contributed by atoms with Gasteiger partial charge in [0.1, 0.15) is 6.10 Å². The van der Waals surface area contributed by atoms with Crippen molar-refractivity contribution in [3.8, 4) is 0 Å². The highest BCUT2D eigenvalue weighted by Crippen LogP contribution is 2.21. The number of H-pyrrole nitrogens is 1. The van der Waals surface area contributed by atoms with Crippen LogP contribution in [0.4, 0.5) is 0 Å². The highest BCUT2D eigenvalue weighted by molar-refractivity contribution is 5.79. The molecule has 0 saturated heterocycles. The Bertz CT molecular complexity index is 665. The van der Waals surface area contributed by atoms with Crippen LogP contribution in [0, 0.1) is 0 Å². The Morgan fingerprint density at radius 3 is 2.74 bits per heavy atom. The van der Waals surface area contributed by atoms with E-state index in [2.05, 4.69) is 4.98 Å². The van der Waals surface area contributed by atoms with E-state index in [9.17, 15) is 19.8 Å². The molecule has 0 aliphatic heterocycles. The van der Waals surface area contributed by atoms with Gasteiger partial charge in [0.25, 0.3) is 0 Å².